The van der Waals surface area contributed by atoms with Gasteiger partial charge in [0.1, 0.15) is 5.60 Å². The van der Waals surface area contributed by atoms with E-state index in [1.54, 1.807) is 0 Å². The lowest BCUT2D eigenvalue weighted by atomic mass is 10.2. The Bertz CT molecular complexity index is 788. The fourth-order valence-corrected chi connectivity index (χ4v) is 2.81. The molecule has 2 amide bonds. The van der Waals surface area contributed by atoms with E-state index in [0.717, 1.165) is 17.6 Å². The van der Waals surface area contributed by atoms with Gasteiger partial charge >= 0.3 is 6.09 Å². The van der Waals surface area contributed by atoms with Crippen LogP contribution < -0.4 is 10.6 Å². The van der Waals surface area contributed by atoms with Gasteiger partial charge in [0.15, 0.2) is 0 Å². The van der Waals surface area contributed by atoms with E-state index in [1.165, 1.54) is 5.52 Å². The summed E-state index contributed by atoms with van der Waals surface area (Å²) in [6.07, 6.45) is 2.51. The van der Waals surface area contributed by atoms with E-state index in [9.17, 15) is 9.59 Å². The van der Waals surface area contributed by atoms with Crippen LogP contribution in [0.15, 0.2) is 30.5 Å². The molecule has 148 valence electrons. The fraction of sp³-hybridized carbons (Fsp3) is 0.524. The number of hydrogen-bond donors (Lipinski definition) is 2. The third-order valence-corrected chi connectivity index (χ3v) is 3.87. The normalized spacial score (nSPS) is 11.6. The zero-order valence-electron chi connectivity index (χ0n) is 17.0. The highest BCUT2D eigenvalue weighted by Gasteiger charge is 2.15. The van der Waals surface area contributed by atoms with E-state index >= 15 is 0 Å². The van der Waals surface area contributed by atoms with Crippen molar-refractivity contribution < 1.29 is 14.3 Å². The Hall–Kier alpha value is -2.50. The second-order valence-corrected chi connectivity index (χ2v) is 8.22. The Labute approximate surface area is 161 Å². The van der Waals surface area contributed by atoms with Gasteiger partial charge in [-0.05, 0) is 57.4 Å². The quantitative estimate of drug-likeness (QED) is 0.700. The lowest BCUT2D eigenvalue weighted by Crippen LogP contribution is -2.33. The number of hydrogen-bond acceptors (Lipinski definition) is 3. The Morgan fingerprint density at radius 3 is 2.59 bits per heavy atom. The van der Waals surface area contributed by atoms with Crippen LogP contribution in [0.1, 0.15) is 47.5 Å². The number of rotatable bonds is 7. The number of nitrogens with one attached hydrogen (secondary N) is 2. The molecular formula is C21H31N3O3. The third kappa shape index (κ3) is 6.96. The number of aromatic nitrogens is 1. The Morgan fingerprint density at radius 1 is 1.19 bits per heavy atom. The molecule has 1 aromatic carbocycles. The van der Waals surface area contributed by atoms with Crippen LogP contribution in [0.25, 0.3) is 10.9 Å². The van der Waals surface area contributed by atoms with Crippen molar-refractivity contribution in [2.45, 2.75) is 59.6 Å². The molecule has 0 fully saturated rings. The molecule has 6 heteroatoms. The highest BCUT2D eigenvalue weighted by Crippen LogP contribution is 2.21. The Balaban J connectivity index is 1.79. The van der Waals surface area contributed by atoms with Crippen molar-refractivity contribution >= 4 is 28.6 Å². The number of benzene rings is 1. The van der Waals surface area contributed by atoms with Crippen molar-refractivity contribution in [1.29, 1.82) is 0 Å². The summed E-state index contributed by atoms with van der Waals surface area (Å²) in [5.41, 5.74) is 1.44. The summed E-state index contributed by atoms with van der Waals surface area (Å²) in [4.78, 5) is 23.7. The molecule has 0 atom stereocenters. The minimum absolute atomic E-state index is 0.0676. The number of carbonyl (C=O) groups is 2. The smallest absolute Gasteiger partial charge is 0.407 e. The van der Waals surface area contributed by atoms with Gasteiger partial charge in [0.2, 0.25) is 5.91 Å². The van der Waals surface area contributed by atoms with Crippen molar-refractivity contribution in [2.24, 2.45) is 5.92 Å². The van der Waals surface area contributed by atoms with Crippen molar-refractivity contribution in [2.75, 3.05) is 11.9 Å². The molecule has 0 aliphatic rings. The highest BCUT2D eigenvalue weighted by molar-refractivity contribution is 5.93. The summed E-state index contributed by atoms with van der Waals surface area (Å²) in [5.74, 6) is 0.510. The molecule has 0 unspecified atom stereocenters. The number of alkyl carbamates (subject to hydrolysis) is 1. The number of carbonyl (C=O) groups excluding carboxylic acids is 2. The van der Waals surface area contributed by atoms with Crippen molar-refractivity contribution in [3.63, 3.8) is 0 Å². The van der Waals surface area contributed by atoms with Gasteiger partial charge in [-0.2, -0.15) is 0 Å². The highest BCUT2D eigenvalue weighted by atomic mass is 16.6. The number of fused-ring (bicyclic) bond motifs is 1. The molecular weight excluding hydrogens is 342 g/mol. The first-order chi connectivity index (χ1) is 12.6. The lowest BCUT2D eigenvalue weighted by Gasteiger charge is -2.19. The zero-order valence-corrected chi connectivity index (χ0v) is 17.0. The summed E-state index contributed by atoms with van der Waals surface area (Å²) in [6, 6.07) is 8.02. The topological polar surface area (TPSA) is 72.4 Å². The summed E-state index contributed by atoms with van der Waals surface area (Å²) in [7, 11) is 0. The first kappa shape index (κ1) is 20.8. The maximum absolute atomic E-state index is 12.1. The van der Waals surface area contributed by atoms with Crippen LogP contribution in [-0.2, 0) is 16.1 Å². The van der Waals surface area contributed by atoms with Crippen molar-refractivity contribution in [3.8, 4) is 0 Å². The molecule has 0 aliphatic carbocycles. The minimum atomic E-state index is -0.520. The molecule has 27 heavy (non-hydrogen) atoms. The van der Waals surface area contributed by atoms with Gasteiger partial charge in [-0.3, -0.25) is 4.79 Å². The van der Waals surface area contributed by atoms with E-state index in [-0.39, 0.29) is 5.91 Å². The van der Waals surface area contributed by atoms with Gasteiger partial charge in [0.25, 0.3) is 0 Å². The van der Waals surface area contributed by atoms with Crippen LogP contribution in [0.4, 0.5) is 10.5 Å². The molecule has 0 spiro atoms. The van der Waals surface area contributed by atoms with Gasteiger partial charge in [0, 0.05) is 42.3 Å². The van der Waals surface area contributed by atoms with Crippen LogP contribution >= 0.6 is 0 Å². The molecule has 1 heterocycles. The van der Waals surface area contributed by atoms with Crippen LogP contribution in [-0.4, -0.2) is 28.7 Å². The fourth-order valence-electron chi connectivity index (χ4n) is 2.81. The summed E-state index contributed by atoms with van der Waals surface area (Å²) < 4.78 is 7.38. The zero-order chi connectivity index (χ0) is 20.0. The van der Waals surface area contributed by atoms with Crippen molar-refractivity contribution in [1.82, 2.24) is 9.88 Å². The Kier molecular flexibility index (Phi) is 6.88. The molecule has 0 saturated heterocycles. The number of nitrogens with zero attached hydrogens (tertiary/aromatic N) is 1. The van der Waals surface area contributed by atoms with E-state index in [4.69, 9.17) is 4.74 Å². The third-order valence-electron chi connectivity index (χ3n) is 3.87. The van der Waals surface area contributed by atoms with E-state index < -0.39 is 11.7 Å². The van der Waals surface area contributed by atoms with Crippen LogP contribution in [0, 0.1) is 5.92 Å². The molecule has 2 rings (SSSR count). The van der Waals surface area contributed by atoms with Crippen LogP contribution in [0.2, 0.25) is 0 Å². The molecule has 0 bridgehead atoms. The van der Waals surface area contributed by atoms with E-state index in [0.29, 0.717) is 25.3 Å². The predicted octanol–water partition coefficient (Wildman–Crippen LogP) is 4.54. The molecule has 2 aromatic rings. The predicted molar refractivity (Wildman–Crippen MR) is 109 cm³/mol. The monoisotopic (exact) mass is 373 g/mol. The average Bonchev–Trinajstić information content (AvgIpc) is 2.91. The maximum Gasteiger partial charge on any atom is 0.407 e. The molecule has 2 N–H and O–H groups in total. The Morgan fingerprint density at radius 2 is 1.93 bits per heavy atom. The number of amides is 2. The largest absolute Gasteiger partial charge is 0.444 e. The summed E-state index contributed by atoms with van der Waals surface area (Å²) in [5, 5.41) is 6.69. The van der Waals surface area contributed by atoms with E-state index in [1.807, 2.05) is 39.0 Å². The second kappa shape index (κ2) is 8.93. The molecule has 0 aliphatic heterocycles. The average molecular weight is 373 g/mol. The molecule has 1 aromatic heterocycles. The number of anilines is 1. The van der Waals surface area contributed by atoms with Crippen molar-refractivity contribution in [3.05, 3.63) is 30.5 Å². The summed E-state index contributed by atoms with van der Waals surface area (Å²) in [6.45, 7) is 11.2. The van der Waals surface area contributed by atoms with E-state index in [2.05, 4.69) is 41.3 Å². The van der Waals surface area contributed by atoms with Gasteiger partial charge < -0.3 is 19.9 Å². The maximum atomic E-state index is 12.1. The molecule has 0 radical (unpaired) electrons. The van der Waals surface area contributed by atoms with Gasteiger partial charge in [-0.15, -0.1) is 0 Å². The molecule has 0 saturated carbocycles. The van der Waals surface area contributed by atoms with Gasteiger partial charge in [-0.1, -0.05) is 13.8 Å². The molecule has 6 nitrogen and oxygen atoms in total. The second-order valence-electron chi connectivity index (χ2n) is 8.22. The van der Waals surface area contributed by atoms with Gasteiger partial charge in [-0.25, -0.2) is 4.79 Å². The SMILES string of the molecule is CC(C)Cn1ccc2cc(NC(=O)CCCNC(=O)OC(C)(C)C)ccc21. The van der Waals surface area contributed by atoms with Crippen LogP contribution in [0.5, 0.6) is 0 Å². The van der Waals surface area contributed by atoms with Gasteiger partial charge in [0.05, 0.1) is 0 Å². The van der Waals surface area contributed by atoms with Crippen LogP contribution in [0.3, 0.4) is 0 Å². The first-order valence-corrected chi connectivity index (χ1v) is 9.49. The standard InChI is InChI=1S/C21H31N3O3/c1-15(2)14-24-12-10-16-13-17(8-9-18(16)24)23-19(25)7-6-11-22-20(26)27-21(3,4)5/h8-10,12-13,15H,6-7,11,14H2,1-5H3,(H,22,26)(H,23,25). The summed E-state index contributed by atoms with van der Waals surface area (Å²) >= 11 is 0. The first-order valence-electron chi connectivity index (χ1n) is 9.49. The number of ether oxygens (including phenoxy) is 1. The minimum Gasteiger partial charge on any atom is -0.444 e. The lowest BCUT2D eigenvalue weighted by molar-refractivity contribution is -0.116.